The van der Waals surface area contributed by atoms with Crippen LogP contribution in [-0.2, 0) is 5.41 Å². The molecule has 0 radical (unpaired) electrons. The molecule has 0 aromatic carbocycles. The van der Waals surface area contributed by atoms with E-state index < -0.39 is 0 Å². The number of alkyl halides is 1. The zero-order chi connectivity index (χ0) is 11.8. The summed E-state index contributed by atoms with van der Waals surface area (Å²) < 4.78 is 5.05. The van der Waals surface area contributed by atoms with Gasteiger partial charge in [0, 0.05) is 15.3 Å². The van der Waals surface area contributed by atoms with Gasteiger partial charge in [0.25, 0.3) is 0 Å². The molecule has 2 heterocycles. The van der Waals surface area contributed by atoms with Crippen LogP contribution >= 0.6 is 22.9 Å². The number of hydrogen-bond acceptors (Lipinski definition) is 2. The number of rotatable bonds is 2. The molecule has 3 heteroatoms. The lowest BCUT2D eigenvalue weighted by molar-refractivity contribution is 0.564. The van der Waals surface area contributed by atoms with Gasteiger partial charge < -0.3 is 4.42 Å². The van der Waals surface area contributed by atoms with Gasteiger partial charge in [0.2, 0.25) is 0 Å². The van der Waals surface area contributed by atoms with Crippen molar-refractivity contribution in [3.63, 3.8) is 0 Å². The highest BCUT2D eigenvalue weighted by Crippen LogP contribution is 2.37. The fourth-order valence-electron chi connectivity index (χ4n) is 1.48. The smallest absolute Gasteiger partial charge is 0.0958 e. The van der Waals surface area contributed by atoms with Crippen molar-refractivity contribution in [2.45, 2.75) is 31.6 Å². The van der Waals surface area contributed by atoms with E-state index in [0.29, 0.717) is 0 Å². The first-order valence-corrected chi connectivity index (χ1v) is 6.50. The summed E-state index contributed by atoms with van der Waals surface area (Å²) in [5.41, 5.74) is 1.21. The predicted molar refractivity (Wildman–Crippen MR) is 69.4 cm³/mol. The second-order valence-corrected chi connectivity index (χ2v) is 6.42. The molecule has 0 aliphatic heterocycles. The predicted octanol–water partition coefficient (Wildman–Crippen LogP) is 4.97. The molecular weight excluding hydrogens is 240 g/mol. The van der Waals surface area contributed by atoms with Crippen molar-refractivity contribution < 1.29 is 4.42 Å². The SMILES string of the molecule is CC(C)(C)c1ccc(C(Cl)c2ccoc2)s1. The second-order valence-electron chi connectivity index (χ2n) is 4.87. The Morgan fingerprint density at radius 1 is 1.25 bits per heavy atom. The van der Waals surface area contributed by atoms with Crippen LogP contribution in [0.25, 0.3) is 0 Å². The molecule has 0 fully saturated rings. The Balaban J connectivity index is 2.26. The highest BCUT2D eigenvalue weighted by molar-refractivity contribution is 7.12. The van der Waals surface area contributed by atoms with Gasteiger partial charge in [0.15, 0.2) is 0 Å². The molecule has 0 aliphatic carbocycles. The van der Waals surface area contributed by atoms with E-state index >= 15 is 0 Å². The highest BCUT2D eigenvalue weighted by atomic mass is 35.5. The van der Waals surface area contributed by atoms with E-state index in [2.05, 4.69) is 32.9 Å². The van der Waals surface area contributed by atoms with Crippen LogP contribution in [0.15, 0.2) is 35.1 Å². The third-order valence-corrected chi connectivity index (χ3v) is 4.64. The van der Waals surface area contributed by atoms with E-state index in [1.807, 2.05) is 6.07 Å². The normalized spacial score (nSPS) is 14.0. The number of hydrogen-bond donors (Lipinski definition) is 0. The van der Waals surface area contributed by atoms with Crippen molar-refractivity contribution in [3.8, 4) is 0 Å². The summed E-state index contributed by atoms with van der Waals surface area (Å²) in [7, 11) is 0. The molecule has 1 unspecified atom stereocenters. The summed E-state index contributed by atoms with van der Waals surface area (Å²) in [6, 6.07) is 6.18. The summed E-state index contributed by atoms with van der Waals surface area (Å²) in [6.07, 6.45) is 3.36. The van der Waals surface area contributed by atoms with Crippen LogP contribution in [0.2, 0.25) is 0 Å². The van der Waals surface area contributed by atoms with Gasteiger partial charge in [-0.05, 0) is 23.6 Å². The maximum absolute atomic E-state index is 6.39. The number of halogens is 1. The van der Waals surface area contributed by atoms with Crippen LogP contribution in [0.1, 0.15) is 41.5 Å². The Hall–Kier alpha value is -0.730. The van der Waals surface area contributed by atoms with Crippen LogP contribution in [-0.4, -0.2) is 0 Å². The average molecular weight is 255 g/mol. The molecule has 16 heavy (non-hydrogen) atoms. The van der Waals surface area contributed by atoms with Crippen molar-refractivity contribution in [2.75, 3.05) is 0 Å². The van der Waals surface area contributed by atoms with Crippen LogP contribution in [0, 0.1) is 0 Å². The number of thiophene rings is 1. The van der Waals surface area contributed by atoms with Gasteiger partial charge in [-0.3, -0.25) is 0 Å². The third-order valence-electron chi connectivity index (χ3n) is 2.45. The first-order chi connectivity index (χ1) is 7.48. The fraction of sp³-hybridized carbons (Fsp3) is 0.385. The molecule has 2 rings (SSSR count). The molecule has 2 aromatic rings. The lowest BCUT2D eigenvalue weighted by atomic mass is 9.95. The summed E-state index contributed by atoms with van der Waals surface area (Å²) in [4.78, 5) is 2.53. The molecule has 1 atom stereocenters. The van der Waals surface area contributed by atoms with Crippen LogP contribution < -0.4 is 0 Å². The molecule has 0 aliphatic rings. The van der Waals surface area contributed by atoms with Crippen molar-refractivity contribution in [1.82, 2.24) is 0 Å². The van der Waals surface area contributed by atoms with Gasteiger partial charge >= 0.3 is 0 Å². The van der Waals surface area contributed by atoms with Gasteiger partial charge in [-0.15, -0.1) is 22.9 Å². The quantitative estimate of drug-likeness (QED) is 0.690. The van der Waals surface area contributed by atoms with Crippen LogP contribution in [0.4, 0.5) is 0 Å². The topological polar surface area (TPSA) is 13.1 Å². The Morgan fingerprint density at radius 3 is 2.50 bits per heavy atom. The van der Waals surface area contributed by atoms with E-state index in [-0.39, 0.29) is 10.8 Å². The van der Waals surface area contributed by atoms with Gasteiger partial charge in [-0.2, -0.15) is 0 Å². The first kappa shape index (κ1) is 11.7. The number of furan rings is 1. The summed E-state index contributed by atoms with van der Waals surface area (Å²) in [5.74, 6) is 0. The van der Waals surface area contributed by atoms with Crippen molar-refractivity contribution in [1.29, 1.82) is 0 Å². The zero-order valence-electron chi connectivity index (χ0n) is 9.66. The largest absolute Gasteiger partial charge is 0.472 e. The van der Waals surface area contributed by atoms with Crippen molar-refractivity contribution in [2.24, 2.45) is 0 Å². The monoisotopic (exact) mass is 254 g/mol. The van der Waals surface area contributed by atoms with Crippen LogP contribution in [0.3, 0.4) is 0 Å². The zero-order valence-corrected chi connectivity index (χ0v) is 11.2. The molecule has 2 aromatic heterocycles. The Kier molecular flexibility index (Phi) is 3.13. The Bertz CT molecular complexity index is 450. The molecule has 0 spiro atoms. The van der Waals surface area contributed by atoms with E-state index in [1.165, 1.54) is 9.75 Å². The molecule has 86 valence electrons. The molecule has 0 saturated carbocycles. The lowest BCUT2D eigenvalue weighted by Crippen LogP contribution is -2.07. The van der Waals surface area contributed by atoms with E-state index in [1.54, 1.807) is 23.9 Å². The highest BCUT2D eigenvalue weighted by Gasteiger charge is 2.20. The lowest BCUT2D eigenvalue weighted by Gasteiger charge is -2.15. The van der Waals surface area contributed by atoms with Crippen molar-refractivity contribution in [3.05, 3.63) is 46.0 Å². The minimum atomic E-state index is -0.0974. The summed E-state index contributed by atoms with van der Waals surface area (Å²) >= 11 is 8.16. The van der Waals surface area contributed by atoms with E-state index in [4.69, 9.17) is 16.0 Å². The molecule has 0 N–H and O–H groups in total. The van der Waals surface area contributed by atoms with Gasteiger partial charge in [-0.1, -0.05) is 20.8 Å². The first-order valence-electron chi connectivity index (χ1n) is 5.25. The maximum atomic E-state index is 6.39. The third kappa shape index (κ3) is 2.33. The summed E-state index contributed by atoms with van der Waals surface area (Å²) in [5, 5.41) is -0.0974. The van der Waals surface area contributed by atoms with Crippen LogP contribution in [0.5, 0.6) is 0 Å². The van der Waals surface area contributed by atoms with Gasteiger partial charge in [0.1, 0.15) is 0 Å². The second kappa shape index (κ2) is 4.27. The summed E-state index contributed by atoms with van der Waals surface area (Å²) in [6.45, 7) is 6.64. The average Bonchev–Trinajstić information content (AvgIpc) is 2.87. The Labute approximate surface area is 105 Å². The van der Waals surface area contributed by atoms with Gasteiger partial charge in [0.05, 0.1) is 17.9 Å². The van der Waals surface area contributed by atoms with Crippen molar-refractivity contribution >= 4 is 22.9 Å². The standard InChI is InChI=1S/C13H15ClOS/c1-13(2,3)11-5-4-10(16-11)12(14)9-6-7-15-8-9/h4-8,12H,1-3H3. The Morgan fingerprint density at radius 2 is 2.00 bits per heavy atom. The molecule has 1 nitrogen and oxygen atoms in total. The maximum Gasteiger partial charge on any atom is 0.0958 e. The minimum Gasteiger partial charge on any atom is -0.472 e. The molecule has 0 amide bonds. The van der Waals surface area contributed by atoms with E-state index in [9.17, 15) is 0 Å². The molecule has 0 bridgehead atoms. The minimum absolute atomic E-state index is 0.0974. The van der Waals surface area contributed by atoms with E-state index in [0.717, 1.165) is 5.56 Å². The fourth-order valence-corrected chi connectivity index (χ4v) is 2.88. The molecule has 0 saturated heterocycles. The molecular formula is C13H15ClOS. The van der Waals surface area contributed by atoms with Gasteiger partial charge in [-0.25, -0.2) is 0 Å².